The van der Waals surface area contributed by atoms with Crippen molar-refractivity contribution in [3.63, 3.8) is 0 Å². The van der Waals surface area contributed by atoms with Crippen LogP contribution in [-0.4, -0.2) is 40.3 Å². The summed E-state index contributed by atoms with van der Waals surface area (Å²) in [5.74, 6) is 0.319. The van der Waals surface area contributed by atoms with Gasteiger partial charge in [0.25, 0.3) is 5.91 Å². The summed E-state index contributed by atoms with van der Waals surface area (Å²) in [5, 5.41) is 3.28. The number of halogens is 1. The molecule has 1 aliphatic rings. The van der Waals surface area contributed by atoms with E-state index < -0.39 is 0 Å². The van der Waals surface area contributed by atoms with Gasteiger partial charge in [0.15, 0.2) is 5.65 Å². The van der Waals surface area contributed by atoms with E-state index in [4.69, 9.17) is 21.1 Å². The number of anilines is 1. The summed E-state index contributed by atoms with van der Waals surface area (Å²) >= 11 is 6.18. The largest absolute Gasteiger partial charge is 0.492 e. The lowest BCUT2D eigenvalue weighted by molar-refractivity contribution is 0.0704. The van der Waals surface area contributed by atoms with Crippen LogP contribution in [0.2, 0.25) is 5.02 Å². The lowest BCUT2D eigenvalue weighted by Gasteiger charge is -2.23. The number of fused-ring (bicyclic) bond motifs is 1. The van der Waals surface area contributed by atoms with Gasteiger partial charge < -0.3 is 19.4 Å². The zero-order valence-corrected chi connectivity index (χ0v) is 16.3. The van der Waals surface area contributed by atoms with Gasteiger partial charge >= 0.3 is 0 Å². The number of rotatable bonds is 5. The monoisotopic (exact) mass is 400 g/mol. The molecule has 8 heteroatoms. The highest BCUT2D eigenvalue weighted by Crippen LogP contribution is 2.28. The molecule has 1 amide bonds. The summed E-state index contributed by atoms with van der Waals surface area (Å²) in [5.41, 5.74) is 2.51. The molecule has 1 fully saturated rings. The van der Waals surface area contributed by atoms with Gasteiger partial charge in [0, 0.05) is 31.1 Å². The molecule has 146 valence electrons. The van der Waals surface area contributed by atoms with Crippen molar-refractivity contribution in [3.05, 3.63) is 47.4 Å². The Morgan fingerprint density at radius 3 is 2.89 bits per heavy atom. The van der Waals surface area contributed by atoms with Crippen molar-refractivity contribution in [1.82, 2.24) is 14.5 Å². The van der Waals surface area contributed by atoms with Gasteiger partial charge in [-0.3, -0.25) is 4.79 Å². The number of hydrogen-bond donors (Lipinski definition) is 1. The number of imidazole rings is 1. The quantitative estimate of drug-likeness (QED) is 0.697. The minimum atomic E-state index is -0.268. The maximum Gasteiger partial charge on any atom is 0.257 e. The van der Waals surface area contributed by atoms with Crippen molar-refractivity contribution in [2.45, 2.75) is 25.8 Å². The summed E-state index contributed by atoms with van der Waals surface area (Å²) in [7, 11) is 0. The lowest BCUT2D eigenvalue weighted by atomic mass is 10.1. The molecule has 0 spiro atoms. The van der Waals surface area contributed by atoms with Gasteiger partial charge in [-0.2, -0.15) is 0 Å². The highest BCUT2D eigenvalue weighted by atomic mass is 35.5. The Kier molecular flexibility index (Phi) is 5.45. The third-order valence-electron chi connectivity index (χ3n) is 4.75. The fraction of sp³-hybridized carbons (Fsp3) is 0.350. The Morgan fingerprint density at radius 2 is 2.14 bits per heavy atom. The standard InChI is InChI=1S/C20H21ClN4O3/c1-2-28-18-4-3-14(10-16(18)21)24-20(26)13-9-17-19(22-11-13)25(12-23-17)15-5-7-27-8-6-15/h3-4,9-12,15H,2,5-8H2,1H3,(H,24,26). The van der Waals surface area contributed by atoms with Crippen LogP contribution in [0.5, 0.6) is 5.75 Å². The smallest absolute Gasteiger partial charge is 0.257 e. The van der Waals surface area contributed by atoms with Crippen LogP contribution in [-0.2, 0) is 4.74 Å². The Morgan fingerprint density at radius 1 is 1.32 bits per heavy atom. The zero-order chi connectivity index (χ0) is 19.5. The second kappa shape index (κ2) is 8.16. The molecule has 3 aromatic rings. The van der Waals surface area contributed by atoms with E-state index >= 15 is 0 Å². The van der Waals surface area contributed by atoms with E-state index in [0.717, 1.165) is 31.7 Å². The molecule has 2 aromatic heterocycles. The number of ether oxygens (including phenoxy) is 2. The van der Waals surface area contributed by atoms with Crippen molar-refractivity contribution in [1.29, 1.82) is 0 Å². The van der Waals surface area contributed by atoms with E-state index in [1.807, 2.05) is 6.92 Å². The summed E-state index contributed by atoms with van der Waals surface area (Å²) in [6.45, 7) is 3.90. The first-order chi connectivity index (χ1) is 13.7. The summed E-state index contributed by atoms with van der Waals surface area (Å²) in [6.07, 6.45) is 5.24. The van der Waals surface area contributed by atoms with Crippen LogP contribution in [0.4, 0.5) is 5.69 Å². The van der Waals surface area contributed by atoms with Crippen LogP contribution in [0, 0.1) is 0 Å². The zero-order valence-electron chi connectivity index (χ0n) is 15.5. The van der Waals surface area contributed by atoms with E-state index in [2.05, 4.69) is 19.9 Å². The summed E-state index contributed by atoms with van der Waals surface area (Å²) in [4.78, 5) is 21.5. The number of carbonyl (C=O) groups excluding carboxylic acids is 1. The highest BCUT2D eigenvalue weighted by molar-refractivity contribution is 6.32. The highest BCUT2D eigenvalue weighted by Gasteiger charge is 2.19. The Bertz CT molecular complexity index is 998. The normalized spacial score (nSPS) is 14.9. The molecule has 0 unspecified atom stereocenters. The van der Waals surface area contributed by atoms with Crippen LogP contribution in [0.3, 0.4) is 0 Å². The van der Waals surface area contributed by atoms with Crippen molar-refractivity contribution in [2.75, 3.05) is 25.1 Å². The fourth-order valence-electron chi connectivity index (χ4n) is 3.33. The molecular weight excluding hydrogens is 380 g/mol. The topological polar surface area (TPSA) is 78.3 Å². The van der Waals surface area contributed by atoms with E-state index in [0.29, 0.717) is 40.2 Å². The summed E-state index contributed by atoms with van der Waals surface area (Å²) in [6, 6.07) is 7.23. The van der Waals surface area contributed by atoms with Gasteiger partial charge in [0.2, 0.25) is 0 Å². The first-order valence-corrected chi connectivity index (χ1v) is 9.67. The molecule has 0 aliphatic carbocycles. The molecule has 0 atom stereocenters. The summed E-state index contributed by atoms with van der Waals surface area (Å²) < 4.78 is 12.9. The maximum atomic E-state index is 12.6. The molecule has 28 heavy (non-hydrogen) atoms. The third kappa shape index (κ3) is 3.81. The number of pyridine rings is 1. The number of hydrogen-bond acceptors (Lipinski definition) is 5. The van der Waals surface area contributed by atoms with Gasteiger partial charge in [0.1, 0.15) is 11.3 Å². The molecule has 0 radical (unpaired) electrons. The second-order valence-corrected chi connectivity index (χ2v) is 7.00. The van der Waals surface area contributed by atoms with E-state index in [-0.39, 0.29) is 5.91 Å². The molecular formula is C20H21ClN4O3. The number of carbonyl (C=O) groups is 1. The fourth-order valence-corrected chi connectivity index (χ4v) is 3.56. The average Bonchev–Trinajstić information content (AvgIpc) is 3.14. The van der Waals surface area contributed by atoms with Gasteiger partial charge in [-0.25, -0.2) is 9.97 Å². The molecule has 1 aliphatic heterocycles. The molecule has 3 heterocycles. The molecule has 7 nitrogen and oxygen atoms in total. The van der Waals surface area contributed by atoms with Crippen molar-refractivity contribution in [3.8, 4) is 5.75 Å². The SMILES string of the molecule is CCOc1ccc(NC(=O)c2cnc3c(c2)ncn3C2CCOCC2)cc1Cl. The predicted molar refractivity (Wildman–Crippen MR) is 107 cm³/mol. The molecule has 1 N–H and O–H groups in total. The number of benzene rings is 1. The lowest BCUT2D eigenvalue weighted by Crippen LogP contribution is -2.19. The second-order valence-electron chi connectivity index (χ2n) is 6.59. The van der Waals surface area contributed by atoms with Gasteiger partial charge in [-0.05, 0) is 44.0 Å². The number of aromatic nitrogens is 3. The maximum absolute atomic E-state index is 12.6. The van der Waals surface area contributed by atoms with Crippen molar-refractivity contribution < 1.29 is 14.3 Å². The third-order valence-corrected chi connectivity index (χ3v) is 5.04. The van der Waals surface area contributed by atoms with Gasteiger partial charge in [-0.1, -0.05) is 11.6 Å². The number of amides is 1. The van der Waals surface area contributed by atoms with Crippen LogP contribution >= 0.6 is 11.6 Å². The van der Waals surface area contributed by atoms with Crippen molar-refractivity contribution >= 4 is 34.4 Å². The van der Waals surface area contributed by atoms with E-state index in [1.165, 1.54) is 0 Å². The van der Waals surface area contributed by atoms with Crippen LogP contribution in [0.1, 0.15) is 36.2 Å². The molecule has 0 saturated carbocycles. The van der Waals surface area contributed by atoms with Crippen LogP contribution in [0.15, 0.2) is 36.8 Å². The number of nitrogens with zero attached hydrogens (tertiary/aromatic N) is 3. The Balaban J connectivity index is 1.52. The minimum absolute atomic E-state index is 0.268. The van der Waals surface area contributed by atoms with Gasteiger partial charge in [-0.15, -0.1) is 0 Å². The van der Waals surface area contributed by atoms with Crippen LogP contribution in [0.25, 0.3) is 11.2 Å². The van der Waals surface area contributed by atoms with Crippen molar-refractivity contribution in [2.24, 2.45) is 0 Å². The Hall–Kier alpha value is -2.64. The Labute approximate surface area is 167 Å². The number of nitrogens with one attached hydrogen (secondary N) is 1. The first kappa shape index (κ1) is 18.7. The predicted octanol–water partition coefficient (Wildman–Crippen LogP) is 4.09. The molecule has 1 saturated heterocycles. The molecule has 1 aromatic carbocycles. The molecule has 0 bridgehead atoms. The van der Waals surface area contributed by atoms with E-state index in [1.54, 1.807) is 36.8 Å². The first-order valence-electron chi connectivity index (χ1n) is 9.29. The van der Waals surface area contributed by atoms with Crippen LogP contribution < -0.4 is 10.1 Å². The van der Waals surface area contributed by atoms with Gasteiger partial charge in [0.05, 0.1) is 23.5 Å². The average molecular weight is 401 g/mol. The molecule has 4 rings (SSSR count). The minimum Gasteiger partial charge on any atom is -0.492 e. The van der Waals surface area contributed by atoms with E-state index in [9.17, 15) is 4.79 Å².